The number of hydrazine groups is 1. The van der Waals surface area contributed by atoms with Crippen LogP contribution in [0.4, 0.5) is 0 Å². The van der Waals surface area contributed by atoms with Gasteiger partial charge in [-0.05, 0) is 36.5 Å². The Morgan fingerprint density at radius 1 is 1.25 bits per heavy atom. The van der Waals surface area contributed by atoms with Gasteiger partial charge in [0.05, 0.1) is 15.5 Å². The number of hydrogen-bond donors (Lipinski definition) is 1. The minimum Gasteiger partial charge on any atom is -0.285 e. The largest absolute Gasteiger partial charge is 0.285 e. The topological polar surface area (TPSA) is 69.7 Å². The molecule has 1 heterocycles. The van der Waals surface area contributed by atoms with Gasteiger partial charge in [0.2, 0.25) is 10.0 Å². The molecule has 0 bridgehead atoms. The van der Waals surface area contributed by atoms with Gasteiger partial charge in [0, 0.05) is 27.2 Å². The van der Waals surface area contributed by atoms with E-state index in [0.29, 0.717) is 24.9 Å². The van der Waals surface area contributed by atoms with E-state index in [1.807, 2.05) is 0 Å². The van der Waals surface area contributed by atoms with Gasteiger partial charge in [-0.2, -0.15) is 4.31 Å². The first-order valence-electron chi connectivity index (χ1n) is 7.89. The van der Waals surface area contributed by atoms with E-state index in [9.17, 15) is 13.2 Å². The number of sulfonamides is 1. The summed E-state index contributed by atoms with van der Waals surface area (Å²) in [6, 6.07) is 4.25. The summed E-state index contributed by atoms with van der Waals surface area (Å²) in [5.74, 6) is 0.183. The third-order valence-corrected chi connectivity index (χ3v) is 6.14. The molecule has 24 heavy (non-hydrogen) atoms. The van der Waals surface area contributed by atoms with Gasteiger partial charge in [-0.1, -0.05) is 25.4 Å². The Hall–Kier alpha value is -1.15. The summed E-state index contributed by atoms with van der Waals surface area (Å²) < 4.78 is 27.4. The van der Waals surface area contributed by atoms with Crippen LogP contribution in [0.15, 0.2) is 23.1 Å². The highest BCUT2D eigenvalue weighted by molar-refractivity contribution is 7.89. The van der Waals surface area contributed by atoms with Crippen molar-refractivity contribution in [2.45, 2.75) is 25.2 Å². The first-order chi connectivity index (χ1) is 11.1. The molecule has 8 heteroatoms. The zero-order valence-electron chi connectivity index (χ0n) is 14.4. The predicted octanol–water partition coefficient (Wildman–Crippen LogP) is 2.21. The van der Waals surface area contributed by atoms with Gasteiger partial charge in [0.15, 0.2) is 0 Å². The highest BCUT2D eigenvalue weighted by atomic mass is 35.5. The zero-order valence-corrected chi connectivity index (χ0v) is 16.0. The highest BCUT2D eigenvalue weighted by Crippen LogP contribution is 2.28. The number of benzene rings is 1. The fourth-order valence-electron chi connectivity index (χ4n) is 3.05. The number of halogens is 1. The van der Waals surface area contributed by atoms with Crippen LogP contribution in [0, 0.1) is 11.8 Å². The summed E-state index contributed by atoms with van der Waals surface area (Å²) in [7, 11) is -0.309. The average molecular weight is 374 g/mol. The number of nitrogens with zero attached hydrogens (tertiary/aromatic N) is 2. The monoisotopic (exact) mass is 373 g/mol. The maximum Gasteiger partial charge on any atom is 0.267 e. The first-order valence-corrected chi connectivity index (χ1v) is 9.71. The SMILES string of the molecule is C[C@@H]1C[C@@H](C)CN(S(=O)(=O)c2ccc(Cl)c(C(=O)NN(C)C)c2)C1. The van der Waals surface area contributed by atoms with E-state index in [-0.39, 0.29) is 15.5 Å². The molecule has 1 aromatic carbocycles. The van der Waals surface area contributed by atoms with Crippen LogP contribution < -0.4 is 5.43 Å². The number of rotatable bonds is 4. The molecule has 1 amide bonds. The molecule has 1 aliphatic rings. The van der Waals surface area contributed by atoms with Gasteiger partial charge >= 0.3 is 0 Å². The molecule has 6 nitrogen and oxygen atoms in total. The van der Waals surface area contributed by atoms with Crippen molar-refractivity contribution in [2.75, 3.05) is 27.2 Å². The van der Waals surface area contributed by atoms with E-state index in [2.05, 4.69) is 19.3 Å². The standard InChI is InChI=1S/C16H24ClN3O3S/c1-11-7-12(2)10-20(9-11)24(22,23)13-5-6-15(17)14(8-13)16(21)18-19(3)4/h5-6,8,11-12H,7,9-10H2,1-4H3,(H,18,21)/t11-,12-/m1/s1. The predicted molar refractivity (Wildman–Crippen MR) is 94.3 cm³/mol. The number of carbonyl (C=O) groups is 1. The van der Waals surface area contributed by atoms with Crippen LogP contribution in [0.3, 0.4) is 0 Å². The van der Waals surface area contributed by atoms with Gasteiger partial charge in [0.1, 0.15) is 0 Å². The molecule has 134 valence electrons. The van der Waals surface area contributed by atoms with Crippen LogP contribution in [0.25, 0.3) is 0 Å². The van der Waals surface area contributed by atoms with E-state index < -0.39 is 15.9 Å². The zero-order chi connectivity index (χ0) is 18.1. The summed E-state index contributed by atoms with van der Waals surface area (Å²) in [6.07, 6.45) is 1.02. The molecular weight excluding hydrogens is 350 g/mol. The van der Waals surface area contributed by atoms with Crippen LogP contribution in [-0.4, -0.2) is 50.8 Å². The summed E-state index contributed by atoms with van der Waals surface area (Å²) in [6.45, 7) is 5.09. The minimum atomic E-state index is -3.65. The lowest BCUT2D eigenvalue weighted by molar-refractivity contribution is 0.0857. The van der Waals surface area contributed by atoms with Crippen LogP contribution in [0.2, 0.25) is 5.02 Å². The second-order valence-corrected chi connectivity index (χ2v) is 9.09. The quantitative estimate of drug-likeness (QED) is 0.821. The summed E-state index contributed by atoms with van der Waals surface area (Å²) in [5.41, 5.74) is 2.72. The smallest absolute Gasteiger partial charge is 0.267 e. The average Bonchev–Trinajstić information content (AvgIpc) is 2.45. The molecule has 0 radical (unpaired) electrons. The normalized spacial score (nSPS) is 22.6. The van der Waals surface area contributed by atoms with Crippen molar-refractivity contribution in [3.63, 3.8) is 0 Å². The van der Waals surface area contributed by atoms with Crippen molar-refractivity contribution >= 4 is 27.5 Å². The molecular formula is C16H24ClN3O3S. The van der Waals surface area contributed by atoms with Crippen LogP contribution in [-0.2, 0) is 10.0 Å². The molecule has 1 aliphatic heterocycles. The third kappa shape index (κ3) is 4.27. The Morgan fingerprint density at radius 2 is 1.83 bits per heavy atom. The molecule has 0 aliphatic carbocycles. The van der Waals surface area contributed by atoms with Gasteiger partial charge in [-0.25, -0.2) is 13.4 Å². The van der Waals surface area contributed by atoms with Crippen molar-refractivity contribution in [2.24, 2.45) is 11.8 Å². The number of nitrogens with one attached hydrogen (secondary N) is 1. The molecule has 0 spiro atoms. The fourth-order valence-corrected chi connectivity index (χ4v) is 4.96. The van der Waals surface area contributed by atoms with Crippen molar-refractivity contribution in [1.29, 1.82) is 0 Å². The highest BCUT2D eigenvalue weighted by Gasteiger charge is 2.32. The van der Waals surface area contributed by atoms with E-state index in [0.717, 1.165) is 6.42 Å². The lowest BCUT2D eigenvalue weighted by atomic mass is 9.94. The number of carbonyl (C=O) groups excluding carboxylic acids is 1. The fraction of sp³-hybridized carbons (Fsp3) is 0.562. The van der Waals surface area contributed by atoms with Crippen molar-refractivity contribution < 1.29 is 13.2 Å². The summed E-state index contributed by atoms with van der Waals surface area (Å²) in [5, 5.41) is 1.70. The lowest BCUT2D eigenvalue weighted by Crippen LogP contribution is -2.42. The van der Waals surface area contributed by atoms with Gasteiger partial charge < -0.3 is 0 Å². The molecule has 2 rings (SSSR count). The maximum atomic E-state index is 12.9. The number of amides is 1. The van der Waals surface area contributed by atoms with Crippen molar-refractivity contribution in [3.05, 3.63) is 28.8 Å². The Balaban J connectivity index is 2.35. The Bertz CT molecular complexity index is 711. The second-order valence-electron chi connectivity index (χ2n) is 6.75. The first kappa shape index (κ1) is 19.2. The number of hydrogen-bond acceptors (Lipinski definition) is 4. The molecule has 2 atom stereocenters. The van der Waals surface area contributed by atoms with Gasteiger partial charge in [-0.3, -0.25) is 10.2 Å². The molecule has 0 aromatic heterocycles. The van der Waals surface area contributed by atoms with Gasteiger partial charge in [-0.15, -0.1) is 0 Å². The van der Waals surface area contributed by atoms with E-state index in [1.165, 1.54) is 27.5 Å². The Kier molecular flexibility index (Phi) is 5.91. The van der Waals surface area contributed by atoms with E-state index in [4.69, 9.17) is 11.6 Å². The Morgan fingerprint density at radius 3 is 2.38 bits per heavy atom. The summed E-state index contributed by atoms with van der Waals surface area (Å²) in [4.78, 5) is 12.3. The number of piperidine rings is 1. The minimum absolute atomic E-state index is 0.0945. The molecule has 1 fully saturated rings. The van der Waals surface area contributed by atoms with Crippen molar-refractivity contribution in [3.8, 4) is 0 Å². The third-order valence-electron chi connectivity index (χ3n) is 3.98. The molecule has 1 aromatic rings. The maximum absolute atomic E-state index is 12.9. The van der Waals surface area contributed by atoms with Crippen LogP contribution in [0.5, 0.6) is 0 Å². The second kappa shape index (κ2) is 7.39. The lowest BCUT2D eigenvalue weighted by Gasteiger charge is -2.34. The van der Waals surface area contributed by atoms with E-state index in [1.54, 1.807) is 14.1 Å². The Labute approximate surface area is 148 Å². The van der Waals surface area contributed by atoms with Crippen LogP contribution >= 0.6 is 11.6 Å². The molecule has 1 N–H and O–H groups in total. The molecule has 1 saturated heterocycles. The summed E-state index contributed by atoms with van der Waals surface area (Å²) >= 11 is 6.07. The van der Waals surface area contributed by atoms with Gasteiger partial charge in [0.25, 0.3) is 5.91 Å². The van der Waals surface area contributed by atoms with Crippen molar-refractivity contribution in [1.82, 2.24) is 14.7 Å². The molecule has 0 unspecified atom stereocenters. The van der Waals surface area contributed by atoms with E-state index >= 15 is 0 Å². The molecule has 0 saturated carbocycles. The van der Waals surface area contributed by atoms with Crippen LogP contribution in [0.1, 0.15) is 30.6 Å².